The van der Waals surface area contributed by atoms with Crippen molar-refractivity contribution in [2.45, 2.75) is 119 Å². The molecule has 0 aromatic heterocycles. The number of unbranched alkanes of at least 4 members (excludes halogenated alkanes) is 9. The lowest BCUT2D eigenvalue weighted by Crippen LogP contribution is -2.00. The van der Waals surface area contributed by atoms with Crippen LogP contribution in [-0.2, 0) is 0 Å². The molecule has 0 N–H and O–H groups in total. The van der Waals surface area contributed by atoms with Crippen LogP contribution in [0.25, 0.3) is 36.5 Å². The molecule has 0 atom stereocenters. The first-order valence-corrected chi connectivity index (χ1v) is 20.8. The zero-order valence-electron chi connectivity index (χ0n) is 34.2. The van der Waals surface area contributed by atoms with E-state index >= 15 is 0 Å². The Morgan fingerprint density at radius 1 is 0.333 bits per heavy atom. The molecule has 54 heavy (non-hydrogen) atoms. The third kappa shape index (κ3) is 14.0. The first-order valence-electron chi connectivity index (χ1n) is 20.8. The highest BCUT2D eigenvalue weighted by molar-refractivity contribution is 5.85. The van der Waals surface area contributed by atoms with Crippen LogP contribution in [0.4, 0.5) is 0 Å². The van der Waals surface area contributed by atoms with Crippen molar-refractivity contribution in [3.8, 4) is 17.2 Å². The van der Waals surface area contributed by atoms with E-state index in [1.54, 1.807) is 0 Å². The highest BCUT2D eigenvalue weighted by Crippen LogP contribution is 2.32. The van der Waals surface area contributed by atoms with Gasteiger partial charge in [0.25, 0.3) is 0 Å². The molecule has 0 heterocycles. The van der Waals surface area contributed by atoms with Crippen molar-refractivity contribution in [3.05, 3.63) is 123 Å². The number of benzene rings is 4. The Hall–Kier alpha value is -4.50. The molecular formula is C51H66O3. The molecular weight excluding hydrogens is 661 g/mol. The Balaban J connectivity index is 1.57. The number of hydrogen-bond acceptors (Lipinski definition) is 3. The molecule has 4 aromatic rings. The van der Waals surface area contributed by atoms with E-state index in [1.165, 1.54) is 91.2 Å². The van der Waals surface area contributed by atoms with Gasteiger partial charge in [0, 0.05) is 0 Å². The summed E-state index contributed by atoms with van der Waals surface area (Å²) in [6.07, 6.45) is 28.0. The van der Waals surface area contributed by atoms with Crippen LogP contribution in [0.3, 0.4) is 0 Å². The molecule has 0 amide bonds. The smallest absolute Gasteiger partial charge is 0.119 e. The molecule has 3 nitrogen and oxygen atoms in total. The van der Waals surface area contributed by atoms with Gasteiger partial charge in [0.2, 0.25) is 0 Å². The van der Waals surface area contributed by atoms with E-state index in [1.807, 2.05) is 0 Å². The Kier molecular flexibility index (Phi) is 18.8. The summed E-state index contributed by atoms with van der Waals surface area (Å²) in [7, 11) is 0. The minimum absolute atomic E-state index is 0.775. The molecule has 3 heteroatoms. The zero-order valence-corrected chi connectivity index (χ0v) is 34.2. The van der Waals surface area contributed by atoms with Crippen molar-refractivity contribution >= 4 is 36.5 Å². The van der Waals surface area contributed by atoms with E-state index in [2.05, 4.69) is 151 Å². The second-order valence-corrected chi connectivity index (χ2v) is 14.6. The maximum Gasteiger partial charge on any atom is 0.119 e. The number of rotatable bonds is 24. The molecule has 0 radical (unpaired) electrons. The molecule has 288 valence electrons. The van der Waals surface area contributed by atoms with Crippen LogP contribution in [0, 0.1) is 20.8 Å². The third-order valence-electron chi connectivity index (χ3n) is 10.2. The van der Waals surface area contributed by atoms with Gasteiger partial charge in [0.15, 0.2) is 0 Å². The van der Waals surface area contributed by atoms with Crippen molar-refractivity contribution in [2.75, 3.05) is 19.8 Å². The van der Waals surface area contributed by atoms with E-state index in [0.29, 0.717) is 0 Å². The van der Waals surface area contributed by atoms with Crippen molar-refractivity contribution in [1.29, 1.82) is 0 Å². The van der Waals surface area contributed by atoms with Gasteiger partial charge in [-0.3, -0.25) is 0 Å². The van der Waals surface area contributed by atoms with Gasteiger partial charge < -0.3 is 14.2 Å². The summed E-state index contributed by atoms with van der Waals surface area (Å²) < 4.78 is 18.0. The highest BCUT2D eigenvalue weighted by atomic mass is 16.5. The molecule has 0 fully saturated rings. The third-order valence-corrected chi connectivity index (χ3v) is 10.2. The molecule has 0 aliphatic carbocycles. The quantitative estimate of drug-likeness (QED) is 0.0531. The fraction of sp³-hybridized carbons (Fsp3) is 0.412. The molecule has 0 unspecified atom stereocenters. The summed E-state index contributed by atoms with van der Waals surface area (Å²) in [5.74, 6) is 2.80. The van der Waals surface area contributed by atoms with E-state index in [-0.39, 0.29) is 0 Å². The molecule has 0 aliphatic rings. The van der Waals surface area contributed by atoms with Crippen LogP contribution in [0.2, 0.25) is 0 Å². The summed E-state index contributed by atoms with van der Waals surface area (Å²) in [4.78, 5) is 0. The molecule has 0 saturated heterocycles. The standard InChI is InChI=1S/C51H66O3/c1-7-10-13-16-37-52-46-28-19-43(20-29-46)25-34-49-40(4)50(35-26-44-21-30-47(31-22-44)53-38-17-14-11-8-2)42(6)51(41(49)5)36-27-45-23-32-48(33-24-45)54-39-18-15-12-9-3/h19-36H,7-18,37-39H2,1-6H3/b34-25+,35-26+,36-27+. The van der Waals surface area contributed by atoms with E-state index in [4.69, 9.17) is 14.2 Å². The second kappa shape index (κ2) is 24.0. The largest absolute Gasteiger partial charge is 0.494 e. The second-order valence-electron chi connectivity index (χ2n) is 14.6. The Labute approximate surface area is 328 Å². The minimum Gasteiger partial charge on any atom is -0.494 e. The average Bonchev–Trinajstić information content (AvgIpc) is 3.19. The van der Waals surface area contributed by atoms with Crippen LogP contribution in [-0.4, -0.2) is 19.8 Å². The summed E-state index contributed by atoms with van der Waals surface area (Å²) in [5, 5.41) is 0. The van der Waals surface area contributed by atoms with E-state index < -0.39 is 0 Å². The van der Waals surface area contributed by atoms with Crippen molar-refractivity contribution < 1.29 is 14.2 Å². The predicted octanol–water partition coefficient (Wildman–Crippen LogP) is 15.0. The predicted molar refractivity (Wildman–Crippen MR) is 236 cm³/mol. The lowest BCUT2D eigenvalue weighted by molar-refractivity contribution is 0.305. The van der Waals surface area contributed by atoms with E-state index in [0.717, 1.165) is 73.0 Å². The van der Waals surface area contributed by atoms with Gasteiger partial charge in [0.1, 0.15) is 17.2 Å². The lowest BCUT2D eigenvalue weighted by atomic mass is 9.87. The Morgan fingerprint density at radius 2 is 0.593 bits per heavy atom. The molecule has 4 rings (SSSR count). The molecule has 0 spiro atoms. The van der Waals surface area contributed by atoms with Crippen molar-refractivity contribution in [1.82, 2.24) is 0 Å². The minimum atomic E-state index is 0.775. The normalized spacial score (nSPS) is 11.7. The molecule has 4 aromatic carbocycles. The zero-order chi connectivity index (χ0) is 38.4. The topological polar surface area (TPSA) is 27.7 Å². The first kappa shape index (κ1) is 42.2. The van der Waals surface area contributed by atoms with Crippen LogP contribution >= 0.6 is 0 Å². The summed E-state index contributed by atoms with van der Waals surface area (Å²) >= 11 is 0. The van der Waals surface area contributed by atoms with Gasteiger partial charge in [0.05, 0.1) is 19.8 Å². The molecule has 0 aliphatic heterocycles. The van der Waals surface area contributed by atoms with Crippen molar-refractivity contribution in [3.63, 3.8) is 0 Å². The maximum absolute atomic E-state index is 6.00. The van der Waals surface area contributed by atoms with Crippen LogP contribution in [0.1, 0.15) is 148 Å². The van der Waals surface area contributed by atoms with Gasteiger partial charge in [-0.15, -0.1) is 0 Å². The fourth-order valence-corrected chi connectivity index (χ4v) is 6.75. The van der Waals surface area contributed by atoms with Gasteiger partial charge in [-0.05, 0) is 127 Å². The van der Waals surface area contributed by atoms with Gasteiger partial charge >= 0.3 is 0 Å². The maximum atomic E-state index is 6.00. The number of hydrogen-bond donors (Lipinski definition) is 0. The van der Waals surface area contributed by atoms with Gasteiger partial charge in [-0.2, -0.15) is 0 Å². The van der Waals surface area contributed by atoms with Gasteiger partial charge in [-0.25, -0.2) is 0 Å². The van der Waals surface area contributed by atoms with Crippen LogP contribution in [0.15, 0.2) is 72.8 Å². The number of ether oxygens (including phenoxy) is 3. The Morgan fingerprint density at radius 3 is 0.833 bits per heavy atom. The summed E-state index contributed by atoms with van der Waals surface area (Å²) in [5.41, 5.74) is 11.0. The monoisotopic (exact) mass is 727 g/mol. The van der Waals surface area contributed by atoms with Gasteiger partial charge in [-0.1, -0.05) is 151 Å². The van der Waals surface area contributed by atoms with Crippen LogP contribution < -0.4 is 14.2 Å². The summed E-state index contributed by atoms with van der Waals surface area (Å²) in [6, 6.07) is 25.4. The van der Waals surface area contributed by atoms with Crippen molar-refractivity contribution in [2.24, 2.45) is 0 Å². The highest BCUT2D eigenvalue weighted by Gasteiger charge is 2.13. The molecule has 0 bridgehead atoms. The lowest BCUT2D eigenvalue weighted by Gasteiger charge is -2.18. The first-order chi connectivity index (χ1) is 26.4. The Bertz CT molecular complexity index is 1510. The van der Waals surface area contributed by atoms with Crippen LogP contribution in [0.5, 0.6) is 17.2 Å². The SMILES string of the molecule is CCCCCCOc1ccc(/C=C/c2c(C)c(/C=C/c3ccc(OCCCCCC)cc3)c(C)c(/C=C/c3ccc(OCCCCCC)cc3)c2C)cc1. The summed E-state index contributed by atoms with van der Waals surface area (Å²) in [6.45, 7) is 15.8. The van der Waals surface area contributed by atoms with E-state index in [9.17, 15) is 0 Å². The fourth-order valence-electron chi connectivity index (χ4n) is 6.75. The molecule has 0 saturated carbocycles. The average molecular weight is 727 g/mol.